The molecular weight excluding hydrogens is 228 g/mol. The van der Waals surface area contributed by atoms with Crippen LogP contribution in [0.5, 0.6) is 0 Å². The van der Waals surface area contributed by atoms with Crippen molar-refractivity contribution in [2.24, 2.45) is 11.8 Å². The van der Waals surface area contributed by atoms with Crippen LogP contribution >= 0.6 is 11.3 Å². The molecule has 0 aliphatic heterocycles. The molecule has 1 heterocycles. The summed E-state index contributed by atoms with van der Waals surface area (Å²) in [6.45, 7) is 0. The molecule has 0 saturated heterocycles. The van der Waals surface area contributed by atoms with Gasteiger partial charge in [0.1, 0.15) is 0 Å². The molecule has 0 bridgehead atoms. The Balaban J connectivity index is 1.82. The molecule has 3 N–H and O–H groups in total. The fourth-order valence-corrected chi connectivity index (χ4v) is 3.63. The summed E-state index contributed by atoms with van der Waals surface area (Å²) in [6.07, 6.45) is 10.7. The summed E-state index contributed by atoms with van der Waals surface area (Å²) < 4.78 is 0. The van der Waals surface area contributed by atoms with Gasteiger partial charge in [0.2, 0.25) is 0 Å². The van der Waals surface area contributed by atoms with Gasteiger partial charge < -0.3 is 0 Å². The van der Waals surface area contributed by atoms with E-state index in [-0.39, 0.29) is 0 Å². The summed E-state index contributed by atoms with van der Waals surface area (Å²) in [5.41, 5.74) is 4.53. The molecule has 0 radical (unpaired) electrons. The van der Waals surface area contributed by atoms with Gasteiger partial charge in [-0.1, -0.05) is 25.7 Å². The van der Waals surface area contributed by atoms with Gasteiger partial charge in [-0.25, -0.2) is 0 Å². The summed E-state index contributed by atoms with van der Waals surface area (Å²) in [5, 5.41) is 4.41. The van der Waals surface area contributed by atoms with Crippen molar-refractivity contribution < 1.29 is 0 Å². The molecule has 0 aromatic carbocycles. The van der Waals surface area contributed by atoms with E-state index in [0.29, 0.717) is 6.04 Å². The molecule has 1 unspecified atom stereocenters. The minimum atomic E-state index is 0.507. The van der Waals surface area contributed by atoms with Gasteiger partial charge in [0.15, 0.2) is 0 Å². The van der Waals surface area contributed by atoms with Crippen LogP contribution in [0.2, 0.25) is 0 Å². The van der Waals surface area contributed by atoms with Gasteiger partial charge in [-0.15, -0.1) is 0 Å². The molecule has 1 fully saturated rings. The predicted octanol–water partition coefficient (Wildman–Crippen LogP) is 3.48. The lowest BCUT2D eigenvalue weighted by Crippen LogP contribution is -2.41. The molecule has 1 aromatic rings. The maximum absolute atomic E-state index is 5.75. The summed E-state index contributed by atoms with van der Waals surface area (Å²) >= 11 is 1.79. The summed E-state index contributed by atoms with van der Waals surface area (Å²) in [6, 6.07) is 2.73. The zero-order valence-electron chi connectivity index (χ0n) is 10.5. The quantitative estimate of drug-likeness (QED) is 0.478. The van der Waals surface area contributed by atoms with Gasteiger partial charge in [0.05, 0.1) is 0 Å². The molecule has 1 atom stereocenters. The van der Waals surface area contributed by atoms with Crippen LogP contribution in [0.4, 0.5) is 0 Å². The second-order valence-electron chi connectivity index (χ2n) is 5.20. The van der Waals surface area contributed by atoms with Gasteiger partial charge in [-0.2, -0.15) is 11.3 Å². The Morgan fingerprint density at radius 2 is 2.06 bits per heavy atom. The summed E-state index contributed by atoms with van der Waals surface area (Å²) in [4.78, 5) is 0. The zero-order valence-corrected chi connectivity index (χ0v) is 11.3. The topological polar surface area (TPSA) is 38.0 Å². The molecule has 1 aliphatic carbocycles. The molecule has 96 valence electrons. The van der Waals surface area contributed by atoms with Crippen LogP contribution in [0.25, 0.3) is 0 Å². The van der Waals surface area contributed by atoms with Crippen molar-refractivity contribution in [3.63, 3.8) is 0 Å². The molecule has 17 heavy (non-hydrogen) atoms. The van der Waals surface area contributed by atoms with Crippen LogP contribution in [0.15, 0.2) is 16.8 Å². The molecule has 3 heteroatoms. The second kappa shape index (κ2) is 7.14. The molecule has 1 aromatic heterocycles. The van der Waals surface area contributed by atoms with E-state index in [0.717, 1.165) is 12.3 Å². The standard InChI is InChI=1S/C14H24N2S/c15-16-14(8-7-12-9-10-17-11-12)13-5-3-1-2-4-6-13/h9-11,13-14,16H,1-8,15H2. The molecule has 0 spiro atoms. The monoisotopic (exact) mass is 252 g/mol. The van der Waals surface area contributed by atoms with Crippen molar-refractivity contribution in [2.75, 3.05) is 0 Å². The first-order valence-electron chi connectivity index (χ1n) is 6.87. The normalized spacial score (nSPS) is 20.1. The Labute approximate surface area is 109 Å². The Kier molecular flexibility index (Phi) is 5.49. The van der Waals surface area contributed by atoms with E-state index in [4.69, 9.17) is 5.84 Å². The molecule has 1 aliphatic rings. The maximum Gasteiger partial charge on any atom is 0.0241 e. The van der Waals surface area contributed by atoms with Crippen LogP contribution in [-0.4, -0.2) is 6.04 Å². The number of nitrogens with one attached hydrogen (secondary N) is 1. The van der Waals surface area contributed by atoms with Crippen LogP contribution in [0, 0.1) is 5.92 Å². The fraction of sp³-hybridized carbons (Fsp3) is 0.714. The van der Waals surface area contributed by atoms with Crippen molar-refractivity contribution >= 4 is 11.3 Å². The van der Waals surface area contributed by atoms with Gasteiger partial charge in [-0.3, -0.25) is 11.3 Å². The highest BCUT2D eigenvalue weighted by Crippen LogP contribution is 2.27. The van der Waals surface area contributed by atoms with E-state index in [1.807, 2.05) is 0 Å². The van der Waals surface area contributed by atoms with Crippen LogP contribution < -0.4 is 11.3 Å². The Morgan fingerprint density at radius 3 is 2.65 bits per heavy atom. The van der Waals surface area contributed by atoms with E-state index >= 15 is 0 Å². The summed E-state index contributed by atoms with van der Waals surface area (Å²) in [5.74, 6) is 6.54. The Hall–Kier alpha value is -0.380. The predicted molar refractivity (Wildman–Crippen MR) is 74.9 cm³/mol. The first-order chi connectivity index (χ1) is 8.40. The highest BCUT2D eigenvalue weighted by Gasteiger charge is 2.21. The van der Waals surface area contributed by atoms with Gasteiger partial charge in [-0.05, 0) is 54.0 Å². The first-order valence-corrected chi connectivity index (χ1v) is 7.81. The lowest BCUT2D eigenvalue weighted by Gasteiger charge is -2.25. The van der Waals surface area contributed by atoms with Crippen molar-refractivity contribution in [1.82, 2.24) is 5.43 Å². The Bertz CT molecular complexity index is 289. The van der Waals surface area contributed by atoms with Crippen LogP contribution in [-0.2, 0) is 6.42 Å². The minimum absolute atomic E-state index is 0.507. The molecular formula is C14H24N2S. The molecule has 1 saturated carbocycles. The van der Waals surface area contributed by atoms with Gasteiger partial charge in [0, 0.05) is 6.04 Å². The molecule has 2 nitrogen and oxygen atoms in total. The number of nitrogens with two attached hydrogens (primary N) is 1. The number of rotatable bonds is 5. The number of hydrogen-bond donors (Lipinski definition) is 2. The highest BCUT2D eigenvalue weighted by atomic mass is 32.1. The largest absolute Gasteiger partial charge is 0.271 e. The third kappa shape index (κ3) is 4.09. The van der Waals surface area contributed by atoms with Gasteiger partial charge >= 0.3 is 0 Å². The lowest BCUT2D eigenvalue weighted by atomic mass is 9.89. The number of thiophene rings is 1. The molecule has 0 amide bonds. The third-order valence-electron chi connectivity index (χ3n) is 4.01. The third-order valence-corrected chi connectivity index (χ3v) is 4.74. The van der Waals surface area contributed by atoms with E-state index < -0.39 is 0 Å². The Morgan fingerprint density at radius 1 is 1.29 bits per heavy atom. The number of hydrazine groups is 1. The average molecular weight is 252 g/mol. The lowest BCUT2D eigenvalue weighted by molar-refractivity contribution is 0.307. The van der Waals surface area contributed by atoms with Gasteiger partial charge in [0.25, 0.3) is 0 Å². The van der Waals surface area contributed by atoms with Crippen LogP contribution in [0.1, 0.15) is 50.5 Å². The second-order valence-corrected chi connectivity index (χ2v) is 5.98. The minimum Gasteiger partial charge on any atom is -0.271 e. The van der Waals surface area contributed by atoms with Crippen molar-refractivity contribution in [2.45, 2.75) is 57.4 Å². The van der Waals surface area contributed by atoms with E-state index in [1.54, 1.807) is 11.3 Å². The summed E-state index contributed by atoms with van der Waals surface area (Å²) in [7, 11) is 0. The van der Waals surface area contributed by atoms with E-state index in [1.165, 1.54) is 50.5 Å². The number of aryl methyl sites for hydroxylation is 1. The van der Waals surface area contributed by atoms with E-state index in [9.17, 15) is 0 Å². The fourth-order valence-electron chi connectivity index (χ4n) is 2.93. The maximum atomic E-state index is 5.75. The van der Waals surface area contributed by atoms with E-state index in [2.05, 4.69) is 22.3 Å². The smallest absolute Gasteiger partial charge is 0.0241 e. The highest BCUT2D eigenvalue weighted by molar-refractivity contribution is 7.07. The average Bonchev–Trinajstić information content (AvgIpc) is 2.72. The zero-order chi connectivity index (χ0) is 11.9. The first kappa shape index (κ1) is 13.1. The van der Waals surface area contributed by atoms with Crippen molar-refractivity contribution in [1.29, 1.82) is 0 Å². The van der Waals surface area contributed by atoms with Crippen LogP contribution in [0.3, 0.4) is 0 Å². The van der Waals surface area contributed by atoms with Crippen molar-refractivity contribution in [3.8, 4) is 0 Å². The number of hydrogen-bond acceptors (Lipinski definition) is 3. The molecule has 2 rings (SSSR count). The van der Waals surface area contributed by atoms with Crippen molar-refractivity contribution in [3.05, 3.63) is 22.4 Å². The SMILES string of the molecule is NNC(CCc1ccsc1)C1CCCCCC1.